The Bertz CT molecular complexity index is 303. The SMILES string of the molecule is C/C=C(/Br)C#C/C(=C\C)OC(C)=O. The van der Waals surface area contributed by atoms with Gasteiger partial charge in [0.15, 0.2) is 5.76 Å². The van der Waals surface area contributed by atoms with Crippen molar-refractivity contribution in [2.45, 2.75) is 20.8 Å². The average Bonchev–Trinajstić information content (AvgIpc) is 2.10. The van der Waals surface area contributed by atoms with E-state index in [0.717, 1.165) is 4.48 Å². The van der Waals surface area contributed by atoms with Gasteiger partial charge in [-0.3, -0.25) is 4.79 Å². The number of hydrogen-bond acceptors (Lipinski definition) is 2. The van der Waals surface area contributed by atoms with E-state index in [-0.39, 0.29) is 5.97 Å². The van der Waals surface area contributed by atoms with Crippen molar-refractivity contribution in [1.29, 1.82) is 0 Å². The monoisotopic (exact) mass is 242 g/mol. The number of hydrogen-bond donors (Lipinski definition) is 0. The molecule has 0 spiro atoms. The van der Waals surface area contributed by atoms with Crippen LogP contribution in [0.25, 0.3) is 0 Å². The summed E-state index contributed by atoms with van der Waals surface area (Å²) in [6.07, 6.45) is 3.46. The molecule has 0 aliphatic carbocycles. The molecule has 0 saturated heterocycles. The van der Waals surface area contributed by atoms with Crippen molar-refractivity contribution in [2.75, 3.05) is 0 Å². The van der Waals surface area contributed by atoms with Crippen LogP contribution in [0, 0.1) is 11.8 Å². The molecule has 0 aromatic heterocycles. The van der Waals surface area contributed by atoms with Gasteiger partial charge in [-0.15, -0.1) is 0 Å². The smallest absolute Gasteiger partial charge is 0.308 e. The highest BCUT2D eigenvalue weighted by Gasteiger charge is 1.95. The number of ether oxygens (including phenoxy) is 1. The minimum absolute atomic E-state index is 0.362. The van der Waals surface area contributed by atoms with Crippen molar-refractivity contribution in [3.63, 3.8) is 0 Å². The Kier molecular flexibility index (Phi) is 5.99. The molecule has 0 aliphatic heterocycles. The first kappa shape index (κ1) is 12.0. The summed E-state index contributed by atoms with van der Waals surface area (Å²) in [6.45, 7) is 4.96. The molecule has 70 valence electrons. The third-order valence-corrected chi connectivity index (χ3v) is 1.73. The summed E-state index contributed by atoms with van der Waals surface area (Å²) in [5.74, 6) is 5.48. The molecule has 0 aromatic carbocycles. The summed E-state index contributed by atoms with van der Waals surface area (Å²) >= 11 is 3.22. The third-order valence-electron chi connectivity index (χ3n) is 1.07. The minimum atomic E-state index is -0.362. The van der Waals surface area contributed by atoms with E-state index in [9.17, 15) is 4.79 Å². The number of rotatable bonds is 1. The number of carbonyl (C=O) groups is 1. The Morgan fingerprint density at radius 2 is 1.92 bits per heavy atom. The van der Waals surface area contributed by atoms with Gasteiger partial charge in [0, 0.05) is 6.92 Å². The zero-order chi connectivity index (χ0) is 10.3. The Morgan fingerprint density at radius 1 is 1.31 bits per heavy atom. The third kappa shape index (κ3) is 6.18. The molecule has 0 saturated carbocycles. The van der Waals surface area contributed by atoms with Gasteiger partial charge in [0.05, 0.1) is 4.48 Å². The van der Waals surface area contributed by atoms with Crippen LogP contribution < -0.4 is 0 Å². The van der Waals surface area contributed by atoms with E-state index in [2.05, 4.69) is 27.8 Å². The van der Waals surface area contributed by atoms with Crippen molar-refractivity contribution < 1.29 is 9.53 Å². The summed E-state index contributed by atoms with van der Waals surface area (Å²) in [7, 11) is 0. The van der Waals surface area contributed by atoms with E-state index in [4.69, 9.17) is 4.74 Å². The van der Waals surface area contributed by atoms with Gasteiger partial charge in [0.1, 0.15) is 0 Å². The molecule has 0 unspecified atom stereocenters. The molecule has 0 radical (unpaired) electrons. The van der Waals surface area contributed by atoms with E-state index in [1.165, 1.54) is 6.92 Å². The zero-order valence-electron chi connectivity index (χ0n) is 7.85. The second-order valence-corrected chi connectivity index (χ2v) is 2.99. The molecule has 0 N–H and O–H groups in total. The van der Waals surface area contributed by atoms with Gasteiger partial charge < -0.3 is 4.74 Å². The highest BCUT2D eigenvalue weighted by molar-refractivity contribution is 9.12. The Morgan fingerprint density at radius 3 is 2.31 bits per heavy atom. The molecule has 0 bridgehead atoms. The van der Waals surface area contributed by atoms with Gasteiger partial charge >= 0.3 is 5.97 Å². The lowest BCUT2D eigenvalue weighted by Gasteiger charge is -1.96. The molecule has 0 atom stereocenters. The molecule has 0 rings (SSSR count). The van der Waals surface area contributed by atoms with Crippen LogP contribution in [0.3, 0.4) is 0 Å². The van der Waals surface area contributed by atoms with E-state index in [1.807, 2.05) is 13.0 Å². The molecule has 0 fully saturated rings. The molecule has 3 heteroatoms. The first-order chi connectivity index (χ1) is 6.10. The van der Waals surface area contributed by atoms with Crippen molar-refractivity contribution in [3.05, 3.63) is 22.4 Å². The van der Waals surface area contributed by atoms with Crippen LogP contribution in [0.15, 0.2) is 22.4 Å². The molecule has 0 aromatic rings. The Balaban J connectivity index is 4.45. The lowest BCUT2D eigenvalue weighted by atomic mass is 10.4. The fourth-order valence-corrected chi connectivity index (χ4v) is 0.604. The van der Waals surface area contributed by atoms with Crippen LogP contribution in [0.2, 0.25) is 0 Å². The van der Waals surface area contributed by atoms with E-state index < -0.39 is 0 Å². The lowest BCUT2D eigenvalue weighted by Crippen LogP contribution is -1.96. The second kappa shape index (κ2) is 6.50. The van der Waals surface area contributed by atoms with Crippen LogP contribution >= 0.6 is 15.9 Å². The van der Waals surface area contributed by atoms with Crippen LogP contribution in [-0.2, 0) is 9.53 Å². The Labute approximate surface area is 86.8 Å². The second-order valence-electron chi connectivity index (χ2n) is 2.13. The molecular formula is C10H11BrO2. The highest BCUT2D eigenvalue weighted by Crippen LogP contribution is 2.03. The van der Waals surface area contributed by atoms with Gasteiger partial charge in [0.2, 0.25) is 0 Å². The molecule has 13 heavy (non-hydrogen) atoms. The van der Waals surface area contributed by atoms with Crippen LogP contribution in [-0.4, -0.2) is 5.97 Å². The van der Waals surface area contributed by atoms with Gasteiger partial charge in [0.25, 0.3) is 0 Å². The summed E-state index contributed by atoms with van der Waals surface area (Å²) in [4.78, 5) is 10.6. The van der Waals surface area contributed by atoms with Gasteiger partial charge in [-0.2, -0.15) is 0 Å². The predicted octanol–water partition coefficient (Wildman–Crippen LogP) is 2.76. The fraction of sp³-hybridized carbons (Fsp3) is 0.300. The van der Waals surface area contributed by atoms with E-state index in [0.29, 0.717) is 5.76 Å². The largest absolute Gasteiger partial charge is 0.418 e. The van der Waals surface area contributed by atoms with Gasteiger partial charge in [-0.1, -0.05) is 12.0 Å². The average molecular weight is 243 g/mol. The quantitative estimate of drug-likeness (QED) is 0.402. The van der Waals surface area contributed by atoms with Crippen molar-refractivity contribution in [2.24, 2.45) is 0 Å². The van der Waals surface area contributed by atoms with Crippen molar-refractivity contribution >= 4 is 21.9 Å². The van der Waals surface area contributed by atoms with Crippen molar-refractivity contribution in [1.82, 2.24) is 0 Å². The standard InChI is InChI=1S/C10H11BrO2/c1-4-9(11)6-7-10(5-2)13-8(3)12/h4-5H,1-3H3/b9-4+,10-5+. The first-order valence-electron chi connectivity index (χ1n) is 3.78. The van der Waals surface area contributed by atoms with Crippen molar-refractivity contribution in [3.8, 4) is 11.8 Å². The maximum atomic E-state index is 10.6. The maximum absolute atomic E-state index is 10.6. The fourth-order valence-electron chi connectivity index (χ4n) is 0.505. The topological polar surface area (TPSA) is 26.3 Å². The number of carbonyl (C=O) groups excluding carboxylic acids is 1. The normalized spacial score (nSPS) is 11.7. The molecule has 2 nitrogen and oxygen atoms in total. The lowest BCUT2D eigenvalue weighted by molar-refractivity contribution is -0.136. The molecule has 0 amide bonds. The summed E-state index contributed by atoms with van der Waals surface area (Å²) in [5.41, 5.74) is 0. The number of esters is 1. The van der Waals surface area contributed by atoms with Crippen LogP contribution in [0.4, 0.5) is 0 Å². The molecule has 0 aliphatic rings. The number of halogens is 1. The maximum Gasteiger partial charge on any atom is 0.308 e. The number of allylic oxidation sites excluding steroid dienone is 4. The Hall–Kier alpha value is -1.01. The zero-order valence-corrected chi connectivity index (χ0v) is 9.44. The summed E-state index contributed by atoms with van der Waals surface area (Å²) < 4.78 is 5.56. The molecule has 0 heterocycles. The predicted molar refractivity (Wildman–Crippen MR) is 56.0 cm³/mol. The van der Waals surface area contributed by atoms with Gasteiger partial charge in [-0.05, 0) is 41.8 Å². The summed E-state index contributed by atoms with van der Waals surface area (Å²) in [5, 5.41) is 0. The van der Waals surface area contributed by atoms with E-state index >= 15 is 0 Å². The van der Waals surface area contributed by atoms with Gasteiger partial charge in [-0.25, -0.2) is 0 Å². The first-order valence-corrected chi connectivity index (χ1v) is 4.58. The van der Waals surface area contributed by atoms with E-state index in [1.54, 1.807) is 13.0 Å². The van der Waals surface area contributed by atoms with Crippen LogP contribution in [0.5, 0.6) is 0 Å². The van der Waals surface area contributed by atoms with Crippen LogP contribution in [0.1, 0.15) is 20.8 Å². The highest BCUT2D eigenvalue weighted by atomic mass is 79.9. The molecular weight excluding hydrogens is 232 g/mol. The summed E-state index contributed by atoms with van der Waals surface area (Å²) in [6, 6.07) is 0. The minimum Gasteiger partial charge on any atom is -0.418 e.